The Hall–Kier alpha value is -4.47. The summed E-state index contributed by atoms with van der Waals surface area (Å²) in [5.41, 5.74) is 2.50. The molecule has 222 valence electrons. The van der Waals surface area contributed by atoms with Crippen LogP contribution in [0.15, 0.2) is 42.5 Å². The van der Waals surface area contributed by atoms with Gasteiger partial charge in [-0.1, -0.05) is 6.07 Å². The van der Waals surface area contributed by atoms with E-state index in [9.17, 15) is 4.79 Å². The molecule has 3 aromatic rings. The van der Waals surface area contributed by atoms with Crippen LogP contribution in [0.5, 0.6) is 46.0 Å². The molecular formula is C31H39NO9. The number of hydrogen-bond acceptors (Lipinski definition) is 9. The van der Waals surface area contributed by atoms with Crippen LogP contribution < -0.4 is 43.2 Å². The molecule has 41 heavy (non-hydrogen) atoms. The lowest BCUT2D eigenvalue weighted by Gasteiger charge is -2.22. The zero-order valence-corrected chi connectivity index (χ0v) is 24.9. The lowest BCUT2D eigenvalue weighted by molar-refractivity contribution is -0.122. The van der Waals surface area contributed by atoms with Gasteiger partial charge in [0.05, 0.1) is 62.8 Å². The molecule has 0 aliphatic carbocycles. The fourth-order valence-electron chi connectivity index (χ4n) is 4.64. The van der Waals surface area contributed by atoms with Crippen molar-refractivity contribution in [3.63, 3.8) is 0 Å². The highest BCUT2D eigenvalue weighted by atomic mass is 16.5. The van der Waals surface area contributed by atoms with Gasteiger partial charge in [-0.2, -0.15) is 0 Å². The summed E-state index contributed by atoms with van der Waals surface area (Å²) < 4.78 is 43.9. The van der Waals surface area contributed by atoms with Gasteiger partial charge < -0.3 is 43.2 Å². The van der Waals surface area contributed by atoms with Crippen LogP contribution in [0.4, 0.5) is 0 Å². The third-order valence-corrected chi connectivity index (χ3v) is 6.73. The fraction of sp³-hybridized carbons (Fsp3) is 0.387. The van der Waals surface area contributed by atoms with Gasteiger partial charge in [0.25, 0.3) is 0 Å². The van der Waals surface area contributed by atoms with Crippen LogP contribution in [0.1, 0.15) is 22.6 Å². The van der Waals surface area contributed by atoms with Gasteiger partial charge in [0.15, 0.2) is 34.5 Å². The first kappa shape index (κ1) is 31.1. The lowest BCUT2D eigenvalue weighted by atomic mass is 9.90. The molecule has 0 fully saturated rings. The quantitative estimate of drug-likeness (QED) is 0.285. The summed E-state index contributed by atoms with van der Waals surface area (Å²) in [6.07, 6.45) is 0.926. The average molecular weight is 570 g/mol. The van der Waals surface area contributed by atoms with E-state index in [-0.39, 0.29) is 5.91 Å². The molecule has 0 spiro atoms. The Morgan fingerprint density at radius 3 is 1.51 bits per heavy atom. The highest BCUT2D eigenvalue weighted by Crippen LogP contribution is 2.42. The molecule has 1 unspecified atom stereocenters. The highest BCUT2D eigenvalue weighted by Gasteiger charge is 2.26. The number of carbonyl (C=O) groups is 1. The smallest absolute Gasteiger partial charge is 0.227 e. The normalized spacial score (nSPS) is 11.2. The van der Waals surface area contributed by atoms with Crippen LogP contribution in [0.3, 0.4) is 0 Å². The molecule has 1 atom stereocenters. The van der Waals surface area contributed by atoms with Crippen molar-refractivity contribution >= 4 is 5.91 Å². The van der Waals surface area contributed by atoms with Crippen LogP contribution in [-0.4, -0.2) is 69.3 Å². The number of benzene rings is 3. The maximum atomic E-state index is 13.8. The van der Waals surface area contributed by atoms with Crippen LogP contribution in [-0.2, 0) is 17.6 Å². The Kier molecular flexibility index (Phi) is 11.2. The Morgan fingerprint density at radius 2 is 1.05 bits per heavy atom. The lowest BCUT2D eigenvalue weighted by Crippen LogP contribution is -2.32. The van der Waals surface area contributed by atoms with E-state index in [1.807, 2.05) is 30.3 Å². The molecule has 10 nitrogen and oxygen atoms in total. The maximum absolute atomic E-state index is 13.8. The number of methoxy groups -OCH3 is 8. The zero-order valence-electron chi connectivity index (χ0n) is 24.9. The second kappa shape index (κ2) is 14.8. The largest absolute Gasteiger partial charge is 0.493 e. The van der Waals surface area contributed by atoms with Gasteiger partial charge in [0, 0.05) is 6.54 Å². The second-order valence-corrected chi connectivity index (χ2v) is 8.98. The van der Waals surface area contributed by atoms with E-state index >= 15 is 0 Å². The summed E-state index contributed by atoms with van der Waals surface area (Å²) >= 11 is 0. The summed E-state index contributed by atoms with van der Waals surface area (Å²) in [6, 6.07) is 12.9. The van der Waals surface area contributed by atoms with E-state index in [0.29, 0.717) is 70.9 Å². The minimum absolute atomic E-state index is 0.173. The first-order chi connectivity index (χ1) is 19.9. The molecule has 0 aliphatic rings. The van der Waals surface area contributed by atoms with Crippen molar-refractivity contribution in [2.24, 2.45) is 0 Å². The predicted molar refractivity (Wildman–Crippen MR) is 155 cm³/mol. The van der Waals surface area contributed by atoms with Crippen LogP contribution in [0, 0.1) is 0 Å². The summed E-state index contributed by atoms with van der Waals surface area (Å²) in [4.78, 5) is 13.8. The molecule has 0 bridgehead atoms. The zero-order chi connectivity index (χ0) is 29.9. The SMILES string of the molecule is COc1ccc(CCNC(=O)C(Cc2cc(OC)c(OC)c(OC)c2)c2cc(OC)c(OC)c(OC)c2)cc1OC. The molecule has 3 rings (SSSR count). The van der Waals surface area contributed by atoms with Crippen molar-refractivity contribution in [2.45, 2.75) is 18.8 Å². The van der Waals surface area contributed by atoms with E-state index < -0.39 is 5.92 Å². The van der Waals surface area contributed by atoms with Crippen molar-refractivity contribution in [3.05, 3.63) is 59.2 Å². The topological polar surface area (TPSA) is 103 Å². The third kappa shape index (κ3) is 7.19. The monoisotopic (exact) mass is 569 g/mol. The molecule has 10 heteroatoms. The first-order valence-electron chi connectivity index (χ1n) is 12.9. The van der Waals surface area contributed by atoms with Gasteiger partial charge >= 0.3 is 0 Å². The van der Waals surface area contributed by atoms with E-state index in [2.05, 4.69) is 5.32 Å². The van der Waals surface area contributed by atoms with E-state index in [4.69, 9.17) is 37.9 Å². The number of nitrogens with one attached hydrogen (secondary N) is 1. The Labute approximate surface area is 241 Å². The fourth-order valence-corrected chi connectivity index (χ4v) is 4.64. The number of hydrogen-bond donors (Lipinski definition) is 1. The number of ether oxygens (including phenoxy) is 8. The van der Waals surface area contributed by atoms with Crippen LogP contribution in [0.25, 0.3) is 0 Å². The molecule has 0 aromatic heterocycles. The second-order valence-electron chi connectivity index (χ2n) is 8.98. The number of carbonyl (C=O) groups excluding carboxylic acids is 1. The van der Waals surface area contributed by atoms with Crippen molar-refractivity contribution in [3.8, 4) is 46.0 Å². The molecule has 0 aliphatic heterocycles. The van der Waals surface area contributed by atoms with Crippen molar-refractivity contribution < 1.29 is 42.7 Å². The summed E-state index contributed by atoms with van der Waals surface area (Å²) in [7, 11) is 12.5. The summed E-state index contributed by atoms with van der Waals surface area (Å²) in [5, 5.41) is 3.09. The van der Waals surface area contributed by atoms with Crippen LogP contribution >= 0.6 is 0 Å². The van der Waals surface area contributed by atoms with Gasteiger partial charge in [-0.05, 0) is 65.9 Å². The number of amides is 1. The van der Waals surface area contributed by atoms with Crippen LogP contribution in [0.2, 0.25) is 0 Å². The minimum Gasteiger partial charge on any atom is -0.493 e. The number of rotatable bonds is 15. The molecular weight excluding hydrogens is 530 g/mol. The molecule has 0 saturated heterocycles. The van der Waals surface area contributed by atoms with Crippen molar-refractivity contribution in [1.82, 2.24) is 5.32 Å². The summed E-state index contributed by atoms with van der Waals surface area (Å²) in [6.45, 7) is 0.407. The molecule has 0 saturated carbocycles. The van der Waals surface area contributed by atoms with E-state index in [1.54, 1.807) is 61.9 Å². The van der Waals surface area contributed by atoms with Crippen molar-refractivity contribution in [1.29, 1.82) is 0 Å². The molecule has 3 aromatic carbocycles. The van der Waals surface area contributed by atoms with Gasteiger partial charge in [-0.3, -0.25) is 4.79 Å². The minimum atomic E-state index is -0.614. The van der Waals surface area contributed by atoms with Gasteiger partial charge in [-0.25, -0.2) is 0 Å². The molecule has 1 amide bonds. The van der Waals surface area contributed by atoms with E-state index in [1.165, 1.54) is 7.11 Å². The molecule has 0 radical (unpaired) electrons. The maximum Gasteiger partial charge on any atom is 0.227 e. The highest BCUT2D eigenvalue weighted by molar-refractivity contribution is 5.84. The predicted octanol–water partition coefficient (Wildman–Crippen LogP) is 4.44. The standard InChI is InChI=1S/C31H39NO9/c1-34-23-10-9-19(14-24(23)35-2)11-12-32-31(33)22(21-17-27(38-5)30(41-8)28(18-21)39-6)13-20-15-25(36-3)29(40-7)26(16-20)37-4/h9-10,14-18,22H,11-13H2,1-8H3,(H,32,33). The first-order valence-corrected chi connectivity index (χ1v) is 12.9. The molecule has 1 N–H and O–H groups in total. The average Bonchev–Trinajstić information content (AvgIpc) is 3.01. The van der Waals surface area contributed by atoms with Crippen molar-refractivity contribution in [2.75, 3.05) is 63.4 Å². The third-order valence-electron chi connectivity index (χ3n) is 6.73. The van der Waals surface area contributed by atoms with Gasteiger partial charge in [0.2, 0.25) is 17.4 Å². The Balaban J connectivity index is 1.96. The summed E-state index contributed by atoms with van der Waals surface area (Å²) in [5.74, 6) is 3.32. The van der Waals surface area contributed by atoms with E-state index in [0.717, 1.165) is 11.1 Å². The van der Waals surface area contributed by atoms with Gasteiger partial charge in [0.1, 0.15) is 0 Å². The Morgan fingerprint density at radius 1 is 0.585 bits per heavy atom. The van der Waals surface area contributed by atoms with Gasteiger partial charge in [-0.15, -0.1) is 0 Å². The molecule has 0 heterocycles. The Bertz CT molecular complexity index is 1270.